The predicted molar refractivity (Wildman–Crippen MR) is 106 cm³/mol. The molecule has 3 heterocycles. The Morgan fingerprint density at radius 3 is 2.73 bits per heavy atom. The maximum atomic E-state index is 12.9. The van der Waals surface area contributed by atoms with Crippen molar-refractivity contribution in [2.45, 2.75) is 6.10 Å². The minimum absolute atomic E-state index is 0.0718. The number of thiophene rings is 1. The number of thiazole rings is 1. The van der Waals surface area contributed by atoms with E-state index in [9.17, 15) is 4.79 Å². The highest BCUT2D eigenvalue weighted by atomic mass is 35.5. The van der Waals surface area contributed by atoms with Crippen molar-refractivity contribution in [1.82, 2.24) is 9.88 Å². The second kappa shape index (κ2) is 7.66. The van der Waals surface area contributed by atoms with Gasteiger partial charge in [0.1, 0.15) is 16.8 Å². The van der Waals surface area contributed by atoms with Gasteiger partial charge >= 0.3 is 0 Å². The third-order valence-corrected chi connectivity index (χ3v) is 6.60. The van der Waals surface area contributed by atoms with Crippen LogP contribution in [0, 0.1) is 0 Å². The fourth-order valence-electron chi connectivity index (χ4n) is 2.79. The molecule has 0 N–H and O–H groups in total. The lowest BCUT2D eigenvalue weighted by Gasteiger charge is -2.32. The molecular weight excluding hydrogens is 411 g/mol. The number of rotatable bonds is 3. The quantitative estimate of drug-likeness (QED) is 0.565. The SMILES string of the molecule is O=C(c1csc(-c2ccc(Cl)s2)n1)N1CCOC(c2ccc(Cl)cc2)C1. The molecule has 0 bridgehead atoms. The van der Waals surface area contributed by atoms with E-state index in [1.54, 1.807) is 10.3 Å². The molecule has 0 saturated carbocycles. The molecule has 1 unspecified atom stereocenters. The monoisotopic (exact) mass is 424 g/mol. The number of aromatic nitrogens is 1. The zero-order valence-corrected chi connectivity index (χ0v) is 16.7. The highest BCUT2D eigenvalue weighted by molar-refractivity contribution is 7.23. The molecule has 1 saturated heterocycles. The first-order valence-corrected chi connectivity index (χ1v) is 10.4. The molecule has 26 heavy (non-hydrogen) atoms. The number of carbonyl (C=O) groups excluding carboxylic acids is 1. The molecule has 3 aromatic rings. The number of hydrogen-bond donors (Lipinski definition) is 0. The Labute approximate surface area is 169 Å². The molecule has 1 atom stereocenters. The molecule has 4 nitrogen and oxygen atoms in total. The average Bonchev–Trinajstić information content (AvgIpc) is 3.31. The van der Waals surface area contributed by atoms with Gasteiger partial charge in [0.2, 0.25) is 0 Å². The largest absolute Gasteiger partial charge is 0.370 e. The second-order valence-corrected chi connectivity index (χ2v) is 8.81. The number of hydrogen-bond acceptors (Lipinski definition) is 5. The van der Waals surface area contributed by atoms with Gasteiger partial charge in [-0.1, -0.05) is 35.3 Å². The number of benzene rings is 1. The first kappa shape index (κ1) is 17.9. The molecule has 0 spiro atoms. The Morgan fingerprint density at radius 1 is 1.19 bits per heavy atom. The lowest BCUT2D eigenvalue weighted by molar-refractivity contribution is -0.0229. The first-order valence-electron chi connectivity index (χ1n) is 7.98. The van der Waals surface area contributed by atoms with Gasteiger partial charge in [0.25, 0.3) is 5.91 Å². The molecule has 134 valence electrons. The Balaban J connectivity index is 1.49. The maximum absolute atomic E-state index is 12.9. The summed E-state index contributed by atoms with van der Waals surface area (Å²) in [5.41, 5.74) is 1.48. The Hall–Kier alpha value is -1.44. The lowest BCUT2D eigenvalue weighted by atomic mass is 10.1. The van der Waals surface area contributed by atoms with Crippen molar-refractivity contribution >= 4 is 51.8 Å². The predicted octanol–water partition coefficient (Wildman–Crippen LogP) is 5.39. The Bertz CT molecular complexity index is 923. The van der Waals surface area contributed by atoms with Crippen LogP contribution in [0.1, 0.15) is 22.2 Å². The van der Waals surface area contributed by atoms with Crippen LogP contribution in [0.5, 0.6) is 0 Å². The zero-order chi connectivity index (χ0) is 18.1. The van der Waals surface area contributed by atoms with E-state index in [4.69, 9.17) is 27.9 Å². The van der Waals surface area contributed by atoms with Crippen LogP contribution in [0.15, 0.2) is 41.8 Å². The van der Waals surface area contributed by atoms with Crippen molar-refractivity contribution < 1.29 is 9.53 Å². The van der Waals surface area contributed by atoms with E-state index in [1.165, 1.54) is 22.7 Å². The fourth-order valence-corrected chi connectivity index (χ4v) is 4.82. The van der Waals surface area contributed by atoms with E-state index >= 15 is 0 Å². The maximum Gasteiger partial charge on any atom is 0.273 e. The molecule has 1 aliphatic rings. The first-order chi connectivity index (χ1) is 12.6. The molecule has 8 heteroatoms. The van der Waals surface area contributed by atoms with Crippen LogP contribution in [-0.2, 0) is 4.74 Å². The van der Waals surface area contributed by atoms with Crippen molar-refractivity contribution in [3.05, 3.63) is 62.4 Å². The summed E-state index contributed by atoms with van der Waals surface area (Å²) in [5, 5.41) is 3.30. The fraction of sp³-hybridized carbons (Fsp3) is 0.222. The summed E-state index contributed by atoms with van der Waals surface area (Å²) in [4.78, 5) is 20.1. The number of morpholine rings is 1. The second-order valence-electron chi connectivity index (χ2n) is 5.80. The van der Waals surface area contributed by atoms with Gasteiger partial charge in [-0.3, -0.25) is 4.79 Å². The van der Waals surface area contributed by atoms with Gasteiger partial charge in [-0.05, 0) is 29.8 Å². The molecular formula is C18H14Cl2N2O2S2. The minimum atomic E-state index is -0.154. The molecule has 1 aromatic carbocycles. The van der Waals surface area contributed by atoms with Crippen molar-refractivity contribution in [1.29, 1.82) is 0 Å². The van der Waals surface area contributed by atoms with Gasteiger partial charge in [-0.25, -0.2) is 4.98 Å². The topological polar surface area (TPSA) is 42.4 Å². The van der Waals surface area contributed by atoms with Crippen molar-refractivity contribution in [3.63, 3.8) is 0 Å². The number of halogens is 2. The highest BCUT2D eigenvalue weighted by Gasteiger charge is 2.27. The highest BCUT2D eigenvalue weighted by Crippen LogP contribution is 2.33. The molecule has 1 fully saturated rings. The van der Waals surface area contributed by atoms with Gasteiger partial charge < -0.3 is 9.64 Å². The minimum Gasteiger partial charge on any atom is -0.370 e. The van der Waals surface area contributed by atoms with Crippen molar-refractivity contribution in [2.75, 3.05) is 19.7 Å². The van der Waals surface area contributed by atoms with Crippen molar-refractivity contribution in [2.24, 2.45) is 0 Å². The van der Waals surface area contributed by atoms with Crippen LogP contribution in [0.2, 0.25) is 9.36 Å². The summed E-state index contributed by atoms with van der Waals surface area (Å²) in [7, 11) is 0. The summed E-state index contributed by atoms with van der Waals surface area (Å²) in [6, 6.07) is 11.3. The molecule has 1 aliphatic heterocycles. The van der Waals surface area contributed by atoms with E-state index in [-0.39, 0.29) is 12.0 Å². The number of amides is 1. The Morgan fingerprint density at radius 2 is 2.00 bits per heavy atom. The van der Waals surface area contributed by atoms with Crippen molar-refractivity contribution in [3.8, 4) is 9.88 Å². The van der Waals surface area contributed by atoms with E-state index in [0.29, 0.717) is 34.7 Å². The summed E-state index contributed by atoms with van der Waals surface area (Å²) < 4.78 is 6.54. The average molecular weight is 425 g/mol. The normalized spacial score (nSPS) is 17.5. The van der Waals surface area contributed by atoms with Crippen LogP contribution in [0.4, 0.5) is 0 Å². The summed E-state index contributed by atoms with van der Waals surface area (Å²) in [6.45, 7) is 1.55. The smallest absolute Gasteiger partial charge is 0.273 e. The molecule has 0 radical (unpaired) electrons. The number of nitrogens with zero attached hydrogens (tertiary/aromatic N) is 2. The van der Waals surface area contributed by atoms with E-state index in [0.717, 1.165) is 15.4 Å². The van der Waals surface area contributed by atoms with Crippen LogP contribution < -0.4 is 0 Å². The van der Waals surface area contributed by atoms with Gasteiger partial charge in [-0.15, -0.1) is 22.7 Å². The number of carbonyl (C=O) groups is 1. The molecule has 4 rings (SSSR count). The number of ether oxygens (including phenoxy) is 1. The molecule has 2 aromatic heterocycles. The van der Waals surface area contributed by atoms with E-state index < -0.39 is 0 Å². The van der Waals surface area contributed by atoms with E-state index in [1.807, 2.05) is 36.4 Å². The van der Waals surface area contributed by atoms with Gasteiger partial charge in [0, 0.05) is 16.9 Å². The Kier molecular flexibility index (Phi) is 5.29. The van der Waals surface area contributed by atoms with Gasteiger partial charge in [-0.2, -0.15) is 0 Å². The van der Waals surface area contributed by atoms with Crippen LogP contribution in [-0.4, -0.2) is 35.5 Å². The third-order valence-electron chi connectivity index (χ3n) is 4.10. The van der Waals surface area contributed by atoms with Gasteiger partial charge in [0.05, 0.1) is 22.4 Å². The summed E-state index contributed by atoms with van der Waals surface area (Å²) in [6.07, 6.45) is -0.154. The molecule has 1 amide bonds. The summed E-state index contributed by atoms with van der Waals surface area (Å²) in [5.74, 6) is -0.0718. The third kappa shape index (κ3) is 3.80. The standard InChI is InChI=1S/C18H14Cl2N2O2S2/c19-12-3-1-11(2-4-12)14-9-22(7-8-24-14)18(23)13-10-25-17(21-13)15-5-6-16(20)26-15/h1-6,10,14H,7-9H2. The zero-order valence-electron chi connectivity index (χ0n) is 13.5. The van der Waals surface area contributed by atoms with Crippen LogP contribution in [0.3, 0.4) is 0 Å². The lowest BCUT2D eigenvalue weighted by Crippen LogP contribution is -2.42. The summed E-state index contributed by atoms with van der Waals surface area (Å²) >= 11 is 14.8. The van der Waals surface area contributed by atoms with E-state index in [2.05, 4.69) is 4.98 Å². The van der Waals surface area contributed by atoms with Crippen LogP contribution >= 0.6 is 45.9 Å². The van der Waals surface area contributed by atoms with Crippen LogP contribution in [0.25, 0.3) is 9.88 Å². The molecule has 0 aliphatic carbocycles. The van der Waals surface area contributed by atoms with Gasteiger partial charge in [0.15, 0.2) is 0 Å².